The van der Waals surface area contributed by atoms with Gasteiger partial charge >= 0.3 is 5.97 Å². The number of nitrogens with two attached hydrogens (primary N) is 1. The van der Waals surface area contributed by atoms with Gasteiger partial charge in [0.1, 0.15) is 11.8 Å². The van der Waals surface area contributed by atoms with Gasteiger partial charge in [-0.25, -0.2) is 4.79 Å². The number of hydrogen-bond acceptors (Lipinski definition) is 4. The maximum Gasteiger partial charge on any atom is 0.328 e. The number of carbonyl (C=O) groups is 1. The van der Waals surface area contributed by atoms with E-state index in [4.69, 9.17) is 15.6 Å². The van der Waals surface area contributed by atoms with Gasteiger partial charge in [-0.15, -0.1) is 0 Å². The van der Waals surface area contributed by atoms with Gasteiger partial charge in [-0.3, -0.25) is 0 Å². The van der Waals surface area contributed by atoms with Gasteiger partial charge in [0.25, 0.3) is 0 Å². The molecule has 0 saturated carbocycles. The van der Waals surface area contributed by atoms with Crippen LogP contribution < -0.4 is 10.5 Å². The number of aliphatic hydroxyl groups excluding tert-OH is 1. The van der Waals surface area contributed by atoms with Crippen molar-refractivity contribution in [2.24, 2.45) is 5.73 Å². The van der Waals surface area contributed by atoms with Crippen molar-refractivity contribution < 1.29 is 14.6 Å². The highest BCUT2D eigenvalue weighted by molar-refractivity contribution is 5.78. The second-order valence-electron chi connectivity index (χ2n) is 6.52. The minimum atomic E-state index is -0.646. The standard InChI is InChI=1S/C15H15NO2.C8H18O/c16-14(11-12-7-3-1-4-8-12)15(17)18-13-9-5-2-6-10-13;1-2-3-4-5-6-7-8-9/h1-10,14H,11,16H2;9H,2-8H2,1H3/t14-;/m0./s1. The normalized spacial score (nSPS) is 11.2. The summed E-state index contributed by atoms with van der Waals surface area (Å²) in [5, 5.41) is 8.42. The Labute approximate surface area is 163 Å². The zero-order chi connectivity index (χ0) is 19.7. The number of carbonyl (C=O) groups excluding carboxylic acids is 1. The molecule has 4 heteroatoms. The molecule has 2 rings (SSSR count). The third-order valence-electron chi connectivity index (χ3n) is 4.07. The number of ether oxygens (including phenoxy) is 1. The van der Waals surface area contributed by atoms with Crippen molar-refractivity contribution in [2.45, 2.75) is 57.9 Å². The Balaban J connectivity index is 0.000000345. The van der Waals surface area contributed by atoms with Gasteiger partial charge < -0.3 is 15.6 Å². The third-order valence-corrected chi connectivity index (χ3v) is 4.07. The van der Waals surface area contributed by atoms with Gasteiger partial charge in [-0.1, -0.05) is 87.6 Å². The second-order valence-corrected chi connectivity index (χ2v) is 6.52. The first-order valence-electron chi connectivity index (χ1n) is 9.84. The summed E-state index contributed by atoms with van der Waals surface area (Å²) < 4.78 is 5.18. The number of hydrogen-bond donors (Lipinski definition) is 2. The Kier molecular flexibility index (Phi) is 12.7. The lowest BCUT2D eigenvalue weighted by molar-refractivity contribution is -0.135. The van der Waals surface area contributed by atoms with E-state index in [1.165, 1.54) is 32.1 Å². The van der Waals surface area contributed by atoms with Gasteiger partial charge in [0.2, 0.25) is 0 Å². The summed E-state index contributed by atoms with van der Waals surface area (Å²) in [5.41, 5.74) is 6.85. The SMILES string of the molecule is CCCCCCCCO.N[C@@H](Cc1ccccc1)C(=O)Oc1ccccc1. The summed E-state index contributed by atoms with van der Waals surface area (Å²) in [7, 11) is 0. The van der Waals surface area contributed by atoms with Crippen molar-refractivity contribution in [3.63, 3.8) is 0 Å². The van der Waals surface area contributed by atoms with Gasteiger partial charge in [0.15, 0.2) is 0 Å². The van der Waals surface area contributed by atoms with Crippen molar-refractivity contribution in [2.75, 3.05) is 6.61 Å². The molecule has 2 aromatic rings. The molecule has 27 heavy (non-hydrogen) atoms. The van der Waals surface area contributed by atoms with E-state index in [-0.39, 0.29) is 0 Å². The molecule has 0 aliphatic heterocycles. The Morgan fingerprint density at radius 1 is 0.926 bits per heavy atom. The average molecular weight is 372 g/mol. The zero-order valence-corrected chi connectivity index (χ0v) is 16.3. The van der Waals surface area contributed by atoms with Crippen LogP contribution in [0.3, 0.4) is 0 Å². The summed E-state index contributed by atoms with van der Waals surface area (Å²) in [6, 6.07) is 17.9. The first-order valence-corrected chi connectivity index (χ1v) is 9.84. The highest BCUT2D eigenvalue weighted by Crippen LogP contribution is 2.10. The molecule has 3 N–H and O–H groups in total. The minimum Gasteiger partial charge on any atom is -0.425 e. The molecular formula is C23H33NO3. The van der Waals surface area contributed by atoms with Crippen LogP contribution in [0.1, 0.15) is 51.0 Å². The predicted octanol–water partition coefficient (Wildman–Crippen LogP) is 4.50. The van der Waals surface area contributed by atoms with Crippen molar-refractivity contribution in [1.82, 2.24) is 0 Å². The van der Waals surface area contributed by atoms with Crippen molar-refractivity contribution in [3.8, 4) is 5.75 Å². The van der Waals surface area contributed by atoms with Gasteiger partial charge in [-0.05, 0) is 30.5 Å². The van der Waals surface area contributed by atoms with E-state index < -0.39 is 12.0 Å². The van der Waals surface area contributed by atoms with Crippen molar-refractivity contribution in [1.29, 1.82) is 0 Å². The highest BCUT2D eigenvalue weighted by Gasteiger charge is 2.16. The molecule has 0 aliphatic rings. The summed E-state index contributed by atoms with van der Waals surface area (Å²) in [4.78, 5) is 11.8. The smallest absolute Gasteiger partial charge is 0.328 e. The second kappa shape index (κ2) is 14.9. The van der Waals surface area contributed by atoms with E-state index >= 15 is 0 Å². The first-order chi connectivity index (χ1) is 13.2. The van der Waals surface area contributed by atoms with Crippen LogP contribution in [0.5, 0.6) is 5.75 Å². The largest absolute Gasteiger partial charge is 0.425 e. The molecule has 0 fully saturated rings. The fraction of sp³-hybridized carbons (Fsp3) is 0.435. The number of unbranched alkanes of at least 4 members (excludes halogenated alkanes) is 5. The molecule has 0 unspecified atom stereocenters. The Hall–Kier alpha value is -2.17. The maximum absolute atomic E-state index is 11.8. The molecule has 0 saturated heterocycles. The van der Waals surface area contributed by atoms with Crippen LogP contribution in [-0.2, 0) is 11.2 Å². The molecule has 2 aromatic carbocycles. The van der Waals surface area contributed by atoms with Crippen LogP contribution in [0.25, 0.3) is 0 Å². The Morgan fingerprint density at radius 3 is 2.07 bits per heavy atom. The fourth-order valence-electron chi connectivity index (χ4n) is 2.52. The number of benzene rings is 2. The molecule has 0 bridgehead atoms. The maximum atomic E-state index is 11.8. The zero-order valence-electron chi connectivity index (χ0n) is 16.3. The average Bonchev–Trinajstić information content (AvgIpc) is 2.70. The Morgan fingerprint density at radius 2 is 1.48 bits per heavy atom. The van der Waals surface area contributed by atoms with Crippen LogP contribution in [-0.4, -0.2) is 23.7 Å². The molecule has 0 amide bonds. The van der Waals surface area contributed by atoms with Crippen LogP contribution in [0.2, 0.25) is 0 Å². The minimum absolute atomic E-state index is 0.367. The summed E-state index contributed by atoms with van der Waals surface area (Å²) in [6.45, 7) is 2.58. The number of aliphatic hydroxyl groups is 1. The molecule has 0 spiro atoms. The quantitative estimate of drug-likeness (QED) is 0.366. The summed E-state index contributed by atoms with van der Waals surface area (Å²) in [5.74, 6) is 0.107. The first kappa shape index (κ1) is 22.9. The van der Waals surface area contributed by atoms with Crippen LogP contribution in [0.4, 0.5) is 0 Å². The molecule has 0 heterocycles. The molecule has 4 nitrogen and oxygen atoms in total. The molecule has 1 atom stereocenters. The van der Waals surface area contributed by atoms with Crippen LogP contribution in [0, 0.1) is 0 Å². The van der Waals surface area contributed by atoms with E-state index in [0.29, 0.717) is 18.8 Å². The van der Waals surface area contributed by atoms with E-state index in [9.17, 15) is 4.79 Å². The number of rotatable bonds is 10. The third kappa shape index (κ3) is 11.2. The molecule has 0 radical (unpaired) electrons. The molecule has 0 aromatic heterocycles. The fourth-order valence-corrected chi connectivity index (χ4v) is 2.52. The van der Waals surface area contributed by atoms with E-state index in [0.717, 1.165) is 12.0 Å². The highest BCUT2D eigenvalue weighted by atomic mass is 16.5. The lowest BCUT2D eigenvalue weighted by atomic mass is 10.1. The van der Waals surface area contributed by atoms with Crippen molar-refractivity contribution in [3.05, 3.63) is 66.2 Å². The van der Waals surface area contributed by atoms with Gasteiger partial charge in [0, 0.05) is 6.61 Å². The lowest BCUT2D eigenvalue weighted by Gasteiger charge is -2.11. The topological polar surface area (TPSA) is 72.5 Å². The van der Waals surface area contributed by atoms with Gasteiger partial charge in [-0.2, -0.15) is 0 Å². The Bertz CT molecular complexity index is 596. The molecule has 0 aliphatic carbocycles. The van der Waals surface area contributed by atoms with E-state index in [2.05, 4.69) is 6.92 Å². The van der Waals surface area contributed by atoms with E-state index in [1.807, 2.05) is 48.5 Å². The predicted molar refractivity (Wildman–Crippen MR) is 111 cm³/mol. The van der Waals surface area contributed by atoms with Crippen molar-refractivity contribution >= 4 is 5.97 Å². The monoisotopic (exact) mass is 371 g/mol. The van der Waals surface area contributed by atoms with Crippen LogP contribution in [0.15, 0.2) is 60.7 Å². The molecule has 148 valence electrons. The summed E-state index contributed by atoms with van der Waals surface area (Å²) in [6.07, 6.45) is 7.97. The summed E-state index contributed by atoms with van der Waals surface area (Å²) >= 11 is 0. The van der Waals surface area contributed by atoms with E-state index in [1.54, 1.807) is 12.1 Å². The number of para-hydroxylation sites is 1. The number of esters is 1. The van der Waals surface area contributed by atoms with Gasteiger partial charge in [0.05, 0.1) is 0 Å². The van der Waals surface area contributed by atoms with Crippen LogP contribution >= 0.6 is 0 Å². The molecular weight excluding hydrogens is 338 g/mol. The lowest BCUT2D eigenvalue weighted by Crippen LogP contribution is -2.36.